The molecule has 0 spiro atoms. The lowest BCUT2D eigenvalue weighted by Crippen LogP contribution is -2.28. The van der Waals surface area contributed by atoms with Gasteiger partial charge >= 0.3 is 5.97 Å². The van der Waals surface area contributed by atoms with Crippen molar-refractivity contribution in [2.24, 2.45) is 0 Å². The van der Waals surface area contributed by atoms with E-state index >= 15 is 0 Å². The first-order chi connectivity index (χ1) is 12.4. The predicted molar refractivity (Wildman–Crippen MR) is 99.2 cm³/mol. The molecule has 1 amide bonds. The van der Waals surface area contributed by atoms with Gasteiger partial charge in [0.2, 0.25) is 5.91 Å². The van der Waals surface area contributed by atoms with E-state index in [1.54, 1.807) is 36.3 Å². The van der Waals surface area contributed by atoms with Gasteiger partial charge in [-0.15, -0.1) is 0 Å². The molecule has 0 N–H and O–H groups in total. The molecule has 0 saturated carbocycles. The number of oxazole rings is 1. The fourth-order valence-corrected chi connectivity index (χ4v) is 2.83. The number of halogens is 2. The molecule has 0 aliphatic rings. The molecule has 0 unspecified atom stereocenters. The minimum absolute atomic E-state index is 0.0425. The van der Waals surface area contributed by atoms with Crippen LogP contribution in [0.3, 0.4) is 0 Å². The summed E-state index contributed by atoms with van der Waals surface area (Å²) in [5.74, 6) is 0.668. The summed E-state index contributed by atoms with van der Waals surface area (Å²) in [6, 6.07) is 5.11. The molecule has 0 bridgehead atoms. The van der Waals surface area contributed by atoms with Crippen LogP contribution in [-0.4, -0.2) is 42.5 Å². The minimum Gasteiger partial charge on any atom is -0.469 e. The maximum atomic E-state index is 12.1. The first-order valence-electron chi connectivity index (χ1n) is 8.11. The van der Waals surface area contributed by atoms with Gasteiger partial charge in [0.1, 0.15) is 0 Å². The summed E-state index contributed by atoms with van der Waals surface area (Å²) in [5, 5.41) is 1.01. The Balaban J connectivity index is 1.85. The summed E-state index contributed by atoms with van der Waals surface area (Å²) >= 11 is 12.0. The number of hydrogen-bond acceptors (Lipinski definition) is 5. The number of carbonyl (C=O) groups excluding carboxylic acids is 2. The number of carbonyl (C=O) groups is 2. The number of hydrogen-bond donors (Lipinski definition) is 0. The largest absolute Gasteiger partial charge is 0.469 e. The number of rotatable bonds is 8. The number of amides is 1. The molecule has 0 radical (unpaired) electrons. The lowest BCUT2D eigenvalue weighted by atomic mass is 10.2. The normalized spacial score (nSPS) is 10.6. The average molecular weight is 399 g/mol. The molecule has 26 heavy (non-hydrogen) atoms. The number of benzene rings is 1. The summed E-state index contributed by atoms with van der Waals surface area (Å²) in [6.45, 7) is 0.491. The Morgan fingerprint density at radius 2 is 2.04 bits per heavy atom. The summed E-state index contributed by atoms with van der Waals surface area (Å²) in [4.78, 5) is 29.0. The van der Waals surface area contributed by atoms with Crippen molar-refractivity contribution in [2.75, 3.05) is 20.7 Å². The fourth-order valence-electron chi connectivity index (χ4n) is 2.33. The molecule has 0 atom stereocenters. The lowest BCUT2D eigenvalue weighted by Gasteiger charge is -2.16. The van der Waals surface area contributed by atoms with Crippen molar-refractivity contribution in [1.82, 2.24) is 9.88 Å². The molecule has 0 saturated heterocycles. The van der Waals surface area contributed by atoms with Gasteiger partial charge in [-0.05, 0) is 24.6 Å². The van der Waals surface area contributed by atoms with Crippen LogP contribution < -0.4 is 0 Å². The maximum Gasteiger partial charge on any atom is 0.305 e. The van der Waals surface area contributed by atoms with Crippen molar-refractivity contribution in [3.8, 4) is 11.3 Å². The second-order valence-corrected chi connectivity index (χ2v) is 6.58. The van der Waals surface area contributed by atoms with E-state index < -0.39 is 0 Å². The summed E-state index contributed by atoms with van der Waals surface area (Å²) in [6.07, 6.45) is 3.08. The van der Waals surface area contributed by atoms with E-state index in [4.69, 9.17) is 27.6 Å². The van der Waals surface area contributed by atoms with Crippen LogP contribution in [-0.2, 0) is 20.7 Å². The molecule has 0 aliphatic heterocycles. The van der Waals surface area contributed by atoms with Crippen molar-refractivity contribution >= 4 is 35.1 Å². The first-order valence-corrected chi connectivity index (χ1v) is 8.87. The van der Waals surface area contributed by atoms with E-state index in [1.165, 1.54) is 7.11 Å². The highest BCUT2D eigenvalue weighted by Gasteiger charge is 2.14. The van der Waals surface area contributed by atoms with Gasteiger partial charge in [-0.1, -0.05) is 23.2 Å². The molecule has 2 rings (SSSR count). The lowest BCUT2D eigenvalue weighted by molar-refractivity contribution is -0.141. The van der Waals surface area contributed by atoms with Crippen LogP contribution >= 0.6 is 23.2 Å². The van der Waals surface area contributed by atoms with Crippen LogP contribution in [0.2, 0.25) is 10.0 Å². The summed E-state index contributed by atoms with van der Waals surface area (Å²) in [5.41, 5.74) is 0.695. The van der Waals surface area contributed by atoms with Gasteiger partial charge in [-0.3, -0.25) is 9.59 Å². The van der Waals surface area contributed by atoms with Gasteiger partial charge in [0, 0.05) is 43.4 Å². The quantitative estimate of drug-likeness (QED) is 0.628. The van der Waals surface area contributed by atoms with Crippen LogP contribution in [0.4, 0.5) is 0 Å². The Morgan fingerprint density at radius 3 is 2.73 bits per heavy atom. The number of aryl methyl sites for hydroxylation is 1. The third-order valence-corrected chi connectivity index (χ3v) is 4.38. The highest BCUT2D eigenvalue weighted by molar-refractivity contribution is 6.36. The fraction of sp³-hybridized carbons (Fsp3) is 0.389. The SMILES string of the molecule is COC(=O)CCCN(C)C(=O)CCc1ncc(-c2ccc(Cl)cc2Cl)o1. The smallest absolute Gasteiger partial charge is 0.305 e. The molecule has 8 heteroatoms. The molecule has 1 aromatic carbocycles. The zero-order chi connectivity index (χ0) is 19.1. The predicted octanol–water partition coefficient (Wildman–Crippen LogP) is 3.99. The monoisotopic (exact) mass is 398 g/mol. The van der Waals surface area contributed by atoms with E-state index in [-0.39, 0.29) is 18.3 Å². The summed E-state index contributed by atoms with van der Waals surface area (Å²) in [7, 11) is 3.05. The molecular formula is C18H20Cl2N2O4. The van der Waals surface area contributed by atoms with E-state index in [9.17, 15) is 9.59 Å². The first kappa shape index (κ1) is 20.3. The zero-order valence-corrected chi connectivity index (χ0v) is 16.1. The average Bonchev–Trinajstić information content (AvgIpc) is 3.07. The van der Waals surface area contributed by atoms with E-state index in [1.807, 2.05) is 0 Å². The Labute approximate surface area is 162 Å². The van der Waals surface area contributed by atoms with Gasteiger partial charge in [0.25, 0.3) is 0 Å². The van der Waals surface area contributed by atoms with E-state index in [2.05, 4.69) is 9.72 Å². The van der Waals surface area contributed by atoms with Crippen LogP contribution in [0.1, 0.15) is 25.2 Å². The Hall–Kier alpha value is -2.05. The Kier molecular flexibility index (Phi) is 7.48. The van der Waals surface area contributed by atoms with Crippen LogP contribution in [0.5, 0.6) is 0 Å². The van der Waals surface area contributed by atoms with Gasteiger partial charge < -0.3 is 14.1 Å². The van der Waals surface area contributed by atoms with Crippen molar-refractivity contribution in [3.05, 3.63) is 40.3 Å². The van der Waals surface area contributed by atoms with E-state index in [0.717, 1.165) is 0 Å². The molecule has 0 aliphatic carbocycles. The van der Waals surface area contributed by atoms with Gasteiger partial charge in [0.05, 0.1) is 18.3 Å². The highest BCUT2D eigenvalue weighted by atomic mass is 35.5. The Morgan fingerprint density at radius 1 is 1.27 bits per heavy atom. The highest BCUT2D eigenvalue weighted by Crippen LogP contribution is 2.30. The molecule has 140 valence electrons. The number of nitrogens with zero attached hydrogens (tertiary/aromatic N) is 2. The van der Waals surface area contributed by atoms with Gasteiger partial charge in [-0.25, -0.2) is 4.98 Å². The van der Waals surface area contributed by atoms with Crippen molar-refractivity contribution in [1.29, 1.82) is 0 Å². The van der Waals surface area contributed by atoms with Crippen molar-refractivity contribution in [3.63, 3.8) is 0 Å². The Bertz CT molecular complexity index is 776. The van der Waals surface area contributed by atoms with Crippen LogP contribution in [0.25, 0.3) is 11.3 Å². The molecule has 1 aromatic heterocycles. The van der Waals surface area contributed by atoms with E-state index in [0.29, 0.717) is 53.1 Å². The number of methoxy groups -OCH3 is 1. The van der Waals surface area contributed by atoms with Crippen LogP contribution in [0.15, 0.2) is 28.8 Å². The standard InChI is InChI=1S/C18H20Cl2N2O4/c1-22(9-3-4-18(24)25-2)17(23)8-7-16-21-11-15(26-16)13-6-5-12(19)10-14(13)20/h5-6,10-11H,3-4,7-9H2,1-2H3. The third kappa shape index (κ3) is 5.75. The van der Waals surface area contributed by atoms with Crippen LogP contribution in [0, 0.1) is 0 Å². The molecule has 0 fully saturated rings. The van der Waals surface area contributed by atoms with Crippen molar-refractivity contribution in [2.45, 2.75) is 25.7 Å². The van der Waals surface area contributed by atoms with Gasteiger partial charge in [0.15, 0.2) is 11.7 Å². The maximum absolute atomic E-state index is 12.1. The third-order valence-electron chi connectivity index (χ3n) is 3.83. The number of esters is 1. The topological polar surface area (TPSA) is 72.6 Å². The zero-order valence-electron chi connectivity index (χ0n) is 14.6. The molecular weight excluding hydrogens is 379 g/mol. The van der Waals surface area contributed by atoms with Gasteiger partial charge in [-0.2, -0.15) is 0 Å². The van der Waals surface area contributed by atoms with Crippen molar-refractivity contribution < 1.29 is 18.7 Å². The number of ether oxygens (including phenoxy) is 1. The minimum atomic E-state index is -0.279. The summed E-state index contributed by atoms with van der Waals surface area (Å²) < 4.78 is 10.2. The second kappa shape index (κ2) is 9.59. The number of aromatic nitrogens is 1. The molecule has 2 aromatic rings. The molecule has 1 heterocycles. The molecule has 6 nitrogen and oxygen atoms in total. The second-order valence-electron chi connectivity index (χ2n) is 5.74.